The molecule has 0 aromatic heterocycles. The Labute approximate surface area is 168 Å². The Bertz CT molecular complexity index is 911. The van der Waals surface area contributed by atoms with Crippen LogP contribution in [0, 0.1) is 0 Å². The number of rotatable bonds is 7. The van der Waals surface area contributed by atoms with Crippen LogP contribution in [0.15, 0.2) is 42.5 Å². The standard InChI is InChI=1S/C21H23N3O5/c1-28-16-8-5-14(6-9-16)21(27)22-13-19(25)23-15-7-10-17(18(12-15)29-2)24-11-3-4-20(24)26/h5-10,12H,3-4,11,13H2,1-2H3,(H,22,27)(H,23,25). The van der Waals surface area contributed by atoms with E-state index >= 15 is 0 Å². The molecule has 0 spiro atoms. The first-order valence-corrected chi connectivity index (χ1v) is 9.22. The predicted octanol–water partition coefficient (Wildman–Crippen LogP) is 2.20. The minimum Gasteiger partial charge on any atom is -0.497 e. The Morgan fingerprint density at radius 3 is 2.45 bits per heavy atom. The predicted molar refractivity (Wildman–Crippen MR) is 109 cm³/mol. The fraction of sp³-hybridized carbons (Fsp3) is 0.286. The summed E-state index contributed by atoms with van der Waals surface area (Å²) >= 11 is 0. The first-order chi connectivity index (χ1) is 14.0. The first-order valence-electron chi connectivity index (χ1n) is 9.22. The second-order valence-corrected chi connectivity index (χ2v) is 6.49. The molecule has 0 saturated carbocycles. The highest BCUT2D eigenvalue weighted by atomic mass is 16.5. The van der Waals surface area contributed by atoms with Gasteiger partial charge in [-0.3, -0.25) is 14.4 Å². The molecule has 1 aliphatic heterocycles. The summed E-state index contributed by atoms with van der Waals surface area (Å²) < 4.78 is 10.4. The van der Waals surface area contributed by atoms with Crippen LogP contribution in [0.2, 0.25) is 0 Å². The number of carbonyl (C=O) groups is 3. The van der Waals surface area contributed by atoms with Crippen molar-refractivity contribution < 1.29 is 23.9 Å². The number of ether oxygens (including phenoxy) is 2. The van der Waals surface area contributed by atoms with Gasteiger partial charge in [0.15, 0.2) is 0 Å². The molecule has 3 rings (SSSR count). The molecule has 2 aromatic rings. The molecule has 3 amide bonds. The van der Waals surface area contributed by atoms with E-state index in [0.717, 1.165) is 6.42 Å². The molecule has 0 unspecified atom stereocenters. The van der Waals surface area contributed by atoms with E-state index in [1.54, 1.807) is 54.5 Å². The van der Waals surface area contributed by atoms with Gasteiger partial charge in [0.2, 0.25) is 11.8 Å². The van der Waals surface area contributed by atoms with Gasteiger partial charge in [-0.2, -0.15) is 0 Å². The van der Waals surface area contributed by atoms with Crippen molar-refractivity contribution in [2.24, 2.45) is 0 Å². The third-order valence-electron chi connectivity index (χ3n) is 4.59. The van der Waals surface area contributed by atoms with Crippen molar-refractivity contribution in [2.75, 3.05) is 37.5 Å². The van der Waals surface area contributed by atoms with Gasteiger partial charge in [0.1, 0.15) is 11.5 Å². The van der Waals surface area contributed by atoms with Crippen LogP contribution in [0.5, 0.6) is 11.5 Å². The van der Waals surface area contributed by atoms with E-state index in [1.807, 2.05) is 0 Å². The van der Waals surface area contributed by atoms with E-state index < -0.39 is 0 Å². The van der Waals surface area contributed by atoms with Crippen LogP contribution in [-0.2, 0) is 9.59 Å². The minimum atomic E-state index is -0.376. The number of hydrogen-bond acceptors (Lipinski definition) is 5. The molecule has 1 heterocycles. The highest BCUT2D eigenvalue weighted by Crippen LogP contribution is 2.33. The van der Waals surface area contributed by atoms with Crippen LogP contribution >= 0.6 is 0 Å². The van der Waals surface area contributed by atoms with E-state index in [-0.39, 0.29) is 24.3 Å². The molecular formula is C21H23N3O5. The zero-order valence-electron chi connectivity index (χ0n) is 16.4. The summed E-state index contributed by atoms with van der Waals surface area (Å²) in [4.78, 5) is 38.0. The quantitative estimate of drug-likeness (QED) is 0.747. The number of anilines is 2. The van der Waals surface area contributed by atoms with Gasteiger partial charge in [0, 0.05) is 30.3 Å². The van der Waals surface area contributed by atoms with Gasteiger partial charge in [0.25, 0.3) is 5.91 Å². The van der Waals surface area contributed by atoms with Gasteiger partial charge < -0.3 is 25.0 Å². The zero-order valence-corrected chi connectivity index (χ0v) is 16.4. The molecule has 152 valence electrons. The molecule has 8 heteroatoms. The molecule has 2 aromatic carbocycles. The molecule has 1 aliphatic rings. The van der Waals surface area contributed by atoms with Crippen LogP contribution in [0.4, 0.5) is 11.4 Å². The summed E-state index contributed by atoms with van der Waals surface area (Å²) in [5.41, 5.74) is 1.63. The van der Waals surface area contributed by atoms with Crippen molar-refractivity contribution in [1.29, 1.82) is 0 Å². The first kappa shape index (κ1) is 20.2. The van der Waals surface area contributed by atoms with E-state index in [2.05, 4.69) is 10.6 Å². The number of nitrogens with one attached hydrogen (secondary N) is 2. The van der Waals surface area contributed by atoms with Gasteiger partial charge in [-0.15, -0.1) is 0 Å². The lowest BCUT2D eigenvalue weighted by Crippen LogP contribution is -2.32. The van der Waals surface area contributed by atoms with Crippen LogP contribution < -0.4 is 25.0 Å². The average molecular weight is 397 g/mol. The Kier molecular flexibility index (Phi) is 6.33. The second kappa shape index (κ2) is 9.09. The van der Waals surface area contributed by atoms with Crippen molar-refractivity contribution in [3.8, 4) is 11.5 Å². The summed E-state index contributed by atoms with van der Waals surface area (Å²) in [5.74, 6) is 0.469. The maximum Gasteiger partial charge on any atom is 0.251 e. The van der Waals surface area contributed by atoms with E-state index in [4.69, 9.17) is 9.47 Å². The largest absolute Gasteiger partial charge is 0.497 e. The SMILES string of the molecule is COc1ccc(C(=O)NCC(=O)Nc2ccc(N3CCCC3=O)c(OC)c2)cc1. The van der Waals surface area contributed by atoms with Gasteiger partial charge in [0.05, 0.1) is 26.5 Å². The summed E-state index contributed by atoms with van der Waals surface area (Å²) in [6.45, 7) is 0.470. The maximum atomic E-state index is 12.2. The highest BCUT2D eigenvalue weighted by Gasteiger charge is 2.24. The number of hydrogen-bond donors (Lipinski definition) is 2. The van der Waals surface area contributed by atoms with Crippen molar-refractivity contribution in [3.05, 3.63) is 48.0 Å². The second-order valence-electron chi connectivity index (χ2n) is 6.49. The number of carbonyl (C=O) groups excluding carboxylic acids is 3. The number of nitrogens with zero attached hydrogens (tertiary/aromatic N) is 1. The van der Waals surface area contributed by atoms with E-state index in [1.165, 1.54) is 7.11 Å². The molecule has 1 fully saturated rings. The molecular weight excluding hydrogens is 374 g/mol. The molecule has 0 radical (unpaired) electrons. The normalized spacial score (nSPS) is 13.2. The van der Waals surface area contributed by atoms with Crippen molar-refractivity contribution in [1.82, 2.24) is 5.32 Å². The lowest BCUT2D eigenvalue weighted by atomic mass is 10.2. The van der Waals surface area contributed by atoms with Gasteiger partial charge in [-0.25, -0.2) is 0 Å². The monoisotopic (exact) mass is 397 g/mol. The Balaban J connectivity index is 1.58. The van der Waals surface area contributed by atoms with Crippen LogP contribution in [0.1, 0.15) is 23.2 Å². The third kappa shape index (κ3) is 4.84. The Morgan fingerprint density at radius 2 is 1.83 bits per heavy atom. The van der Waals surface area contributed by atoms with E-state index in [0.29, 0.717) is 41.4 Å². The fourth-order valence-electron chi connectivity index (χ4n) is 3.09. The number of amides is 3. The average Bonchev–Trinajstić information content (AvgIpc) is 3.17. The molecule has 29 heavy (non-hydrogen) atoms. The topological polar surface area (TPSA) is 97.0 Å². The number of methoxy groups -OCH3 is 2. The molecule has 8 nitrogen and oxygen atoms in total. The Morgan fingerprint density at radius 1 is 1.07 bits per heavy atom. The smallest absolute Gasteiger partial charge is 0.251 e. The lowest BCUT2D eigenvalue weighted by Gasteiger charge is -2.19. The van der Waals surface area contributed by atoms with E-state index in [9.17, 15) is 14.4 Å². The summed E-state index contributed by atoms with van der Waals surface area (Å²) in [5, 5.41) is 5.28. The molecule has 1 saturated heterocycles. The highest BCUT2D eigenvalue weighted by molar-refractivity contribution is 6.00. The maximum absolute atomic E-state index is 12.2. The summed E-state index contributed by atoms with van der Waals surface area (Å²) in [6.07, 6.45) is 1.34. The van der Waals surface area contributed by atoms with Gasteiger partial charge in [-0.05, 0) is 42.8 Å². The summed E-state index contributed by atoms with van der Waals surface area (Å²) in [6, 6.07) is 11.7. The van der Waals surface area contributed by atoms with Crippen LogP contribution in [-0.4, -0.2) is 45.0 Å². The molecule has 0 atom stereocenters. The van der Waals surface area contributed by atoms with Crippen LogP contribution in [0.3, 0.4) is 0 Å². The van der Waals surface area contributed by atoms with Gasteiger partial charge >= 0.3 is 0 Å². The van der Waals surface area contributed by atoms with Crippen LogP contribution in [0.25, 0.3) is 0 Å². The van der Waals surface area contributed by atoms with Crippen molar-refractivity contribution in [3.63, 3.8) is 0 Å². The van der Waals surface area contributed by atoms with Crippen molar-refractivity contribution in [2.45, 2.75) is 12.8 Å². The lowest BCUT2D eigenvalue weighted by molar-refractivity contribution is -0.117. The fourth-order valence-corrected chi connectivity index (χ4v) is 3.09. The Hall–Kier alpha value is -3.55. The molecule has 0 aliphatic carbocycles. The minimum absolute atomic E-state index is 0.0568. The number of benzene rings is 2. The zero-order chi connectivity index (χ0) is 20.8. The van der Waals surface area contributed by atoms with Crippen molar-refractivity contribution >= 4 is 29.1 Å². The molecule has 2 N–H and O–H groups in total. The van der Waals surface area contributed by atoms with Gasteiger partial charge in [-0.1, -0.05) is 0 Å². The molecule has 0 bridgehead atoms. The summed E-state index contributed by atoms with van der Waals surface area (Å²) in [7, 11) is 3.06. The third-order valence-corrected chi connectivity index (χ3v) is 4.59.